The minimum atomic E-state index is 0.0259. The molecule has 0 unspecified atom stereocenters. The van der Waals surface area contributed by atoms with Gasteiger partial charge < -0.3 is 9.80 Å². The topological polar surface area (TPSA) is 58.4 Å². The Morgan fingerprint density at radius 1 is 0.900 bits per heavy atom. The molecule has 1 aliphatic rings. The summed E-state index contributed by atoms with van der Waals surface area (Å²) in [5.41, 5.74) is 5.42. The summed E-state index contributed by atoms with van der Waals surface area (Å²) in [5.74, 6) is 0.0940. The Morgan fingerprint density at radius 3 is 2.23 bits per heavy atom. The Bertz CT molecular complexity index is 1080. The SMILES string of the molecule is CC(=O)c1ccc(N2CCN(C(=O)c3cnn(-c4cccc(C)c4)c3C)CC2)cc1. The van der Waals surface area contributed by atoms with Gasteiger partial charge in [-0.1, -0.05) is 12.1 Å². The second kappa shape index (κ2) is 8.14. The van der Waals surface area contributed by atoms with Crippen molar-refractivity contribution in [1.82, 2.24) is 14.7 Å². The van der Waals surface area contributed by atoms with Crippen molar-refractivity contribution in [2.75, 3.05) is 31.1 Å². The normalized spacial score (nSPS) is 14.1. The van der Waals surface area contributed by atoms with Gasteiger partial charge in [0, 0.05) is 37.4 Å². The van der Waals surface area contributed by atoms with E-state index < -0.39 is 0 Å². The second-order valence-corrected chi connectivity index (χ2v) is 7.78. The molecule has 0 saturated carbocycles. The van der Waals surface area contributed by atoms with E-state index in [1.807, 2.05) is 65.9 Å². The largest absolute Gasteiger partial charge is 0.368 e. The Kier molecular flexibility index (Phi) is 5.40. The number of rotatable bonds is 4. The van der Waals surface area contributed by atoms with E-state index in [1.54, 1.807) is 13.1 Å². The molecule has 3 aromatic rings. The maximum Gasteiger partial charge on any atom is 0.257 e. The summed E-state index contributed by atoms with van der Waals surface area (Å²) in [7, 11) is 0. The van der Waals surface area contributed by atoms with Crippen molar-refractivity contribution in [2.45, 2.75) is 20.8 Å². The van der Waals surface area contributed by atoms with Crippen LogP contribution in [0.5, 0.6) is 0 Å². The molecule has 6 heteroatoms. The van der Waals surface area contributed by atoms with E-state index in [-0.39, 0.29) is 11.7 Å². The van der Waals surface area contributed by atoms with Crippen molar-refractivity contribution in [3.63, 3.8) is 0 Å². The van der Waals surface area contributed by atoms with Crippen molar-refractivity contribution in [3.05, 3.63) is 77.1 Å². The van der Waals surface area contributed by atoms with Crippen LogP contribution in [0.2, 0.25) is 0 Å². The Labute approximate surface area is 176 Å². The first-order valence-corrected chi connectivity index (χ1v) is 10.2. The van der Waals surface area contributed by atoms with Crippen molar-refractivity contribution >= 4 is 17.4 Å². The molecule has 0 N–H and O–H groups in total. The van der Waals surface area contributed by atoms with Gasteiger partial charge in [0.05, 0.1) is 23.1 Å². The van der Waals surface area contributed by atoms with Crippen LogP contribution in [0.15, 0.2) is 54.7 Å². The summed E-state index contributed by atoms with van der Waals surface area (Å²) in [5, 5.41) is 4.46. The number of aromatic nitrogens is 2. The molecule has 1 aliphatic heterocycles. The number of ketones is 1. The molecule has 6 nitrogen and oxygen atoms in total. The average Bonchev–Trinajstić information content (AvgIpc) is 3.14. The average molecular weight is 402 g/mol. The molecule has 0 spiro atoms. The molecular weight excluding hydrogens is 376 g/mol. The molecule has 0 aliphatic carbocycles. The molecule has 4 rings (SSSR count). The third-order valence-corrected chi connectivity index (χ3v) is 5.69. The van der Waals surface area contributed by atoms with Gasteiger partial charge in [-0.25, -0.2) is 4.68 Å². The monoisotopic (exact) mass is 402 g/mol. The van der Waals surface area contributed by atoms with Gasteiger partial charge in [0.2, 0.25) is 0 Å². The summed E-state index contributed by atoms with van der Waals surface area (Å²) < 4.78 is 1.83. The number of hydrogen-bond donors (Lipinski definition) is 0. The highest BCUT2D eigenvalue weighted by molar-refractivity contribution is 5.95. The fourth-order valence-electron chi connectivity index (χ4n) is 3.88. The first kappa shape index (κ1) is 19.9. The lowest BCUT2D eigenvalue weighted by Gasteiger charge is -2.36. The van der Waals surface area contributed by atoms with E-state index in [0.29, 0.717) is 24.2 Å². The second-order valence-electron chi connectivity index (χ2n) is 7.78. The number of benzene rings is 2. The van der Waals surface area contributed by atoms with Crippen LogP contribution in [-0.4, -0.2) is 52.5 Å². The molecule has 0 bridgehead atoms. The van der Waals surface area contributed by atoms with Crippen LogP contribution in [0, 0.1) is 13.8 Å². The van der Waals surface area contributed by atoms with Crippen LogP contribution < -0.4 is 4.90 Å². The predicted octanol–water partition coefficient (Wildman–Crippen LogP) is 3.65. The molecule has 1 amide bonds. The Balaban J connectivity index is 1.44. The summed E-state index contributed by atoms with van der Waals surface area (Å²) in [6, 6.07) is 15.8. The molecule has 2 heterocycles. The quantitative estimate of drug-likeness (QED) is 0.625. The molecule has 30 heavy (non-hydrogen) atoms. The van der Waals surface area contributed by atoms with Crippen LogP contribution in [0.3, 0.4) is 0 Å². The number of hydrogen-bond acceptors (Lipinski definition) is 4. The standard InChI is InChI=1S/C24H26N4O2/c1-17-5-4-6-22(15-17)28-18(2)23(16-25-28)24(30)27-13-11-26(12-14-27)21-9-7-20(8-10-21)19(3)29/h4-10,15-16H,11-14H2,1-3H3. The van der Waals surface area contributed by atoms with Gasteiger partial charge >= 0.3 is 0 Å². The molecule has 1 aromatic heterocycles. The fraction of sp³-hybridized carbons (Fsp3) is 0.292. The van der Waals surface area contributed by atoms with Crippen molar-refractivity contribution in [3.8, 4) is 5.69 Å². The van der Waals surface area contributed by atoms with Crippen molar-refractivity contribution < 1.29 is 9.59 Å². The highest BCUT2D eigenvalue weighted by atomic mass is 16.2. The number of carbonyl (C=O) groups excluding carboxylic acids is 2. The van der Waals surface area contributed by atoms with E-state index in [9.17, 15) is 9.59 Å². The summed E-state index contributed by atoms with van der Waals surface area (Å²) in [6.45, 7) is 8.39. The number of carbonyl (C=O) groups is 2. The first-order valence-electron chi connectivity index (χ1n) is 10.2. The molecule has 154 valence electrons. The van der Waals surface area contributed by atoms with Crippen LogP contribution in [-0.2, 0) is 0 Å². The minimum absolute atomic E-state index is 0.0259. The van der Waals surface area contributed by atoms with Gasteiger partial charge in [0.25, 0.3) is 5.91 Å². The van der Waals surface area contributed by atoms with E-state index in [4.69, 9.17) is 0 Å². The third kappa shape index (κ3) is 3.85. The molecule has 1 saturated heterocycles. The minimum Gasteiger partial charge on any atom is -0.368 e. The van der Waals surface area contributed by atoms with Crippen molar-refractivity contribution in [1.29, 1.82) is 0 Å². The van der Waals surface area contributed by atoms with Gasteiger partial charge in [-0.2, -0.15) is 5.10 Å². The number of Topliss-reactive ketones (excluding diaryl/α,β-unsaturated/α-hetero) is 1. The van der Waals surface area contributed by atoms with Crippen LogP contribution in [0.25, 0.3) is 5.69 Å². The summed E-state index contributed by atoms with van der Waals surface area (Å²) in [6.07, 6.45) is 1.67. The lowest BCUT2D eigenvalue weighted by molar-refractivity contribution is 0.0745. The highest BCUT2D eigenvalue weighted by Crippen LogP contribution is 2.21. The van der Waals surface area contributed by atoms with E-state index in [1.165, 1.54) is 0 Å². The van der Waals surface area contributed by atoms with Gasteiger partial charge in [-0.3, -0.25) is 9.59 Å². The maximum atomic E-state index is 13.1. The maximum absolute atomic E-state index is 13.1. The molecule has 0 radical (unpaired) electrons. The third-order valence-electron chi connectivity index (χ3n) is 5.69. The Morgan fingerprint density at radius 2 is 1.60 bits per heavy atom. The summed E-state index contributed by atoms with van der Waals surface area (Å²) >= 11 is 0. The molecular formula is C24H26N4O2. The van der Waals surface area contributed by atoms with E-state index in [0.717, 1.165) is 35.7 Å². The number of nitrogens with zero attached hydrogens (tertiary/aromatic N) is 4. The molecule has 1 fully saturated rings. The smallest absolute Gasteiger partial charge is 0.257 e. The highest BCUT2D eigenvalue weighted by Gasteiger charge is 2.25. The number of anilines is 1. The first-order chi connectivity index (χ1) is 14.4. The number of piperazine rings is 1. The molecule has 0 atom stereocenters. The Hall–Kier alpha value is -3.41. The van der Waals surface area contributed by atoms with Crippen LogP contribution in [0.1, 0.15) is 38.9 Å². The van der Waals surface area contributed by atoms with Crippen LogP contribution in [0.4, 0.5) is 5.69 Å². The van der Waals surface area contributed by atoms with Gasteiger partial charge in [-0.05, 0) is 62.7 Å². The van der Waals surface area contributed by atoms with Crippen LogP contribution >= 0.6 is 0 Å². The van der Waals surface area contributed by atoms with Gasteiger partial charge in [0.1, 0.15) is 0 Å². The lowest BCUT2D eigenvalue weighted by atomic mass is 10.1. The molecule has 2 aromatic carbocycles. The van der Waals surface area contributed by atoms with E-state index in [2.05, 4.69) is 16.1 Å². The van der Waals surface area contributed by atoms with Gasteiger partial charge in [-0.15, -0.1) is 0 Å². The fourth-order valence-corrected chi connectivity index (χ4v) is 3.88. The number of aryl methyl sites for hydroxylation is 1. The zero-order valence-electron chi connectivity index (χ0n) is 17.6. The van der Waals surface area contributed by atoms with E-state index >= 15 is 0 Å². The predicted molar refractivity (Wildman–Crippen MR) is 118 cm³/mol. The lowest BCUT2D eigenvalue weighted by Crippen LogP contribution is -2.48. The zero-order valence-corrected chi connectivity index (χ0v) is 17.6. The number of amides is 1. The van der Waals surface area contributed by atoms with Crippen molar-refractivity contribution in [2.24, 2.45) is 0 Å². The summed E-state index contributed by atoms with van der Waals surface area (Å²) in [4.78, 5) is 28.7. The zero-order chi connectivity index (χ0) is 21.3. The van der Waals surface area contributed by atoms with Gasteiger partial charge in [0.15, 0.2) is 5.78 Å².